The highest BCUT2D eigenvalue weighted by Crippen LogP contribution is 2.21. The van der Waals surface area contributed by atoms with Gasteiger partial charge in [-0.1, -0.05) is 0 Å². The first-order chi connectivity index (χ1) is 12.7. The Kier molecular flexibility index (Phi) is 4.81. The van der Waals surface area contributed by atoms with E-state index in [-0.39, 0.29) is 0 Å². The maximum Gasteiger partial charge on any atom is 0.251 e. The third-order valence-corrected chi connectivity index (χ3v) is 4.88. The number of aromatic nitrogens is 5. The standard InChI is InChI=1S/C17H20N8S/c1-24-14(4-8-19-24)21-17-18-7-3-13(20-17)12-5-9-25-15(6-10-26-2)22-23-16(25)11-12/h3,5,7,9,11,19H,4,6,8,10H2,1-2H3. The van der Waals surface area contributed by atoms with E-state index in [1.807, 2.05) is 40.9 Å². The van der Waals surface area contributed by atoms with Crippen molar-refractivity contribution in [2.75, 3.05) is 25.6 Å². The highest BCUT2D eigenvalue weighted by Gasteiger charge is 2.14. The SMILES string of the molecule is CSCCc1nnc2cc(-c3ccnc(N=C4CCNN4C)n3)ccn12. The van der Waals surface area contributed by atoms with Crippen LogP contribution in [0.4, 0.5) is 5.95 Å². The van der Waals surface area contributed by atoms with Gasteiger partial charge >= 0.3 is 0 Å². The number of amidine groups is 1. The molecule has 4 heterocycles. The summed E-state index contributed by atoms with van der Waals surface area (Å²) in [6, 6.07) is 5.91. The van der Waals surface area contributed by atoms with Gasteiger partial charge in [0.2, 0.25) is 0 Å². The second kappa shape index (κ2) is 7.38. The number of hydrogen-bond donors (Lipinski definition) is 1. The van der Waals surface area contributed by atoms with Gasteiger partial charge in [-0.15, -0.1) is 10.2 Å². The molecule has 1 aliphatic rings. The topological polar surface area (TPSA) is 83.6 Å². The maximum atomic E-state index is 4.59. The predicted octanol–water partition coefficient (Wildman–Crippen LogP) is 1.96. The van der Waals surface area contributed by atoms with Crippen LogP contribution < -0.4 is 5.43 Å². The summed E-state index contributed by atoms with van der Waals surface area (Å²) in [5, 5.41) is 10.5. The third kappa shape index (κ3) is 3.40. The lowest BCUT2D eigenvalue weighted by Gasteiger charge is -2.10. The van der Waals surface area contributed by atoms with E-state index in [9.17, 15) is 0 Å². The second-order valence-corrected chi connectivity index (χ2v) is 6.98. The summed E-state index contributed by atoms with van der Waals surface area (Å²) in [5.41, 5.74) is 5.82. The van der Waals surface area contributed by atoms with Crippen LogP contribution >= 0.6 is 11.8 Å². The van der Waals surface area contributed by atoms with E-state index < -0.39 is 0 Å². The van der Waals surface area contributed by atoms with Crippen LogP contribution in [0, 0.1) is 0 Å². The first-order valence-electron chi connectivity index (χ1n) is 8.45. The fourth-order valence-electron chi connectivity index (χ4n) is 2.87. The molecule has 0 saturated carbocycles. The molecule has 0 unspecified atom stereocenters. The summed E-state index contributed by atoms with van der Waals surface area (Å²) >= 11 is 1.80. The Morgan fingerprint density at radius 2 is 2.23 bits per heavy atom. The van der Waals surface area contributed by atoms with E-state index in [1.165, 1.54) is 0 Å². The van der Waals surface area contributed by atoms with Crippen LogP contribution in [-0.4, -0.2) is 61.0 Å². The van der Waals surface area contributed by atoms with Crippen molar-refractivity contribution in [1.82, 2.24) is 35.0 Å². The van der Waals surface area contributed by atoms with Crippen LogP contribution in [0.5, 0.6) is 0 Å². The molecule has 0 amide bonds. The molecule has 3 aromatic rings. The molecule has 0 aliphatic carbocycles. The van der Waals surface area contributed by atoms with Gasteiger partial charge in [0.1, 0.15) is 11.7 Å². The molecule has 4 rings (SSSR count). The average molecular weight is 368 g/mol. The van der Waals surface area contributed by atoms with Crippen molar-refractivity contribution in [3.63, 3.8) is 0 Å². The summed E-state index contributed by atoms with van der Waals surface area (Å²) < 4.78 is 2.03. The zero-order valence-electron chi connectivity index (χ0n) is 14.8. The number of hydrogen-bond acceptors (Lipinski definition) is 7. The smallest absolute Gasteiger partial charge is 0.251 e. The van der Waals surface area contributed by atoms with Crippen molar-refractivity contribution in [2.45, 2.75) is 12.8 Å². The van der Waals surface area contributed by atoms with Gasteiger partial charge in [0.05, 0.1) is 5.69 Å². The van der Waals surface area contributed by atoms with Crippen LogP contribution in [0.1, 0.15) is 12.2 Å². The van der Waals surface area contributed by atoms with Crippen molar-refractivity contribution in [2.24, 2.45) is 4.99 Å². The highest BCUT2D eigenvalue weighted by atomic mass is 32.2. The molecule has 0 radical (unpaired) electrons. The van der Waals surface area contributed by atoms with Gasteiger partial charge in [0.25, 0.3) is 5.95 Å². The zero-order valence-corrected chi connectivity index (χ0v) is 15.6. The van der Waals surface area contributed by atoms with Gasteiger partial charge in [-0.2, -0.15) is 16.8 Å². The number of pyridine rings is 1. The molecule has 0 atom stereocenters. The summed E-state index contributed by atoms with van der Waals surface area (Å²) in [4.78, 5) is 13.4. The molecule has 8 nitrogen and oxygen atoms in total. The summed E-state index contributed by atoms with van der Waals surface area (Å²) in [5.74, 6) is 3.41. The first kappa shape index (κ1) is 16.9. The molecular weight excluding hydrogens is 348 g/mol. The van der Waals surface area contributed by atoms with Gasteiger partial charge in [-0.25, -0.2) is 15.4 Å². The Morgan fingerprint density at radius 3 is 3.04 bits per heavy atom. The molecule has 1 aliphatic heterocycles. The molecule has 9 heteroatoms. The van der Waals surface area contributed by atoms with Gasteiger partial charge in [0, 0.05) is 50.1 Å². The second-order valence-electron chi connectivity index (χ2n) is 5.99. The molecule has 1 saturated heterocycles. The Hall–Kier alpha value is -2.52. The lowest BCUT2D eigenvalue weighted by atomic mass is 10.2. The Labute approximate surface area is 155 Å². The molecule has 0 bridgehead atoms. The fourth-order valence-corrected chi connectivity index (χ4v) is 3.25. The zero-order chi connectivity index (χ0) is 17.9. The summed E-state index contributed by atoms with van der Waals surface area (Å²) in [6.45, 7) is 0.886. The maximum absolute atomic E-state index is 4.59. The molecule has 26 heavy (non-hydrogen) atoms. The Morgan fingerprint density at radius 1 is 1.31 bits per heavy atom. The minimum Gasteiger partial charge on any atom is -0.299 e. The van der Waals surface area contributed by atoms with Crippen molar-refractivity contribution in [3.8, 4) is 11.3 Å². The summed E-state index contributed by atoms with van der Waals surface area (Å²) in [6.07, 6.45) is 7.61. The van der Waals surface area contributed by atoms with Crippen LogP contribution in [0.25, 0.3) is 16.9 Å². The van der Waals surface area contributed by atoms with Crippen LogP contribution in [0.2, 0.25) is 0 Å². The quantitative estimate of drug-likeness (QED) is 0.737. The number of rotatable bonds is 5. The Balaban J connectivity index is 1.64. The first-order valence-corrected chi connectivity index (χ1v) is 9.85. The monoisotopic (exact) mass is 368 g/mol. The number of aryl methyl sites for hydroxylation is 1. The van der Waals surface area contributed by atoms with Crippen molar-refractivity contribution < 1.29 is 0 Å². The molecule has 0 spiro atoms. The number of fused-ring (bicyclic) bond motifs is 1. The number of hydrazine groups is 1. The highest BCUT2D eigenvalue weighted by molar-refractivity contribution is 7.98. The van der Waals surface area contributed by atoms with E-state index in [0.29, 0.717) is 5.95 Å². The van der Waals surface area contributed by atoms with E-state index in [2.05, 4.69) is 36.8 Å². The average Bonchev–Trinajstić information content (AvgIpc) is 3.26. The molecule has 1 fully saturated rings. The fraction of sp³-hybridized carbons (Fsp3) is 0.353. The Bertz CT molecular complexity index is 951. The normalized spacial score (nSPS) is 16.1. The van der Waals surface area contributed by atoms with E-state index in [4.69, 9.17) is 0 Å². The minimum absolute atomic E-state index is 0.468. The summed E-state index contributed by atoms with van der Waals surface area (Å²) in [7, 11) is 1.95. The number of nitrogens with zero attached hydrogens (tertiary/aromatic N) is 7. The van der Waals surface area contributed by atoms with E-state index in [0.717, 1.165) is 53.7 Å². The number of nitrogens with one attached hydrogen (secondary N) is 1. The lowest BCUT2D eigenvalue weighted by molar-refractivity contribution is 0.418. The van der Waals surface area contributed by atoms with Crippen molar-refractivity contribution >= 4 is 29.2 Å². The van der Waals surface area contributed by atoms with Crippen LogP contribution in [0.3, 0.4) is 0 Å². The minimum atomic E-state index is 0.468. The lowest BCUT2D eigenvalue weighted by Crippen LogP contribution is -2.29. The number of thioether (sulfide) groups is 1. The van der Waals surface area contributed by atoms with Gasteiger partial charge in [-0.3, -0.25) is 9.41 Å². The third-order valence-electron chi connectivity index (χ3n) is 4.26. The van der Waals surface area contributed by atoms with E-state index >= 15 is 0 Å². The molecule has 1 N–H and O–H groups in total. The van der Waals surface area contributed by atoms with Gasteiger partial charge < -0.3 is 0 Å². The van der Waals surface area contributed by atoms with E-state index in [1.54, 1.807) is 18.0 Å². The van der Waals surface area contributed by atoms with Crippen molar-refractivity contribution in [3.05, 3.63) is 36.4 Å². The predicted molar refractivity (Wildman–Crippen MR) is 104 cm³/mol. The molecule has 0 aromatic carbocycles. The van der Waals surface area contributed by atoms with Crippen LogP contribution in [0.15, 0.2) is 35.6 Å². The van der Waals surface area contributed by atoms with Gasteiger partial charge in [0.15, 0.2) is 5.65 Å². The number of aliphatic imine (C=N–C) groups is 1. The van der Waals surface area contributed by atoms with Gasteiger partial charge in [-0.05, 0) is 24.5 Å². The molecular formula is C17H20N8S. The molecule has 3 aromatic heterocycles. The largest absolute Gasteiger partial charge is 0.299 e. The van der Waals surface area contributed by atoms with Crippen molar-refractivity contribution in [1.29, 1.82) is 0 Å². The molecule has 134 valence electrons. The van der Waals surface area contributed by atoms with Crippen LogP contribution in [-0.2, 0) is 6.42 Å².